The Morgan fingerprint density at radius 2 is 1.80 bits per heavy atom. The molecule has 55 valence electrons. The number of rotatable bonds is 2. The normalized spacial score (nSPS) is 16.0. The van der Waals surface area contributed by atoms with Gasteiger partial charge in [0, 0.05) is 22.7 Å². The molecule has 10 heavy (non-hydrogen) atoms. The van der Waals surface area contributed by atoms with Gasteiger partial charge in [-0.2, -0.15) is 0 Å². The molecule has 0 aromatic rings. The molecule has 0 aromatic carbocycles. The third kappa shape index (κ3) is 2.85. The Balaban J connectivity index is 0.000000810. The van der Waals surface area contributed by atoms with E-state index in [0.29, 0.717) is 5.92 Å². The minimum absolute atomic E-state index is 0. The smallest absolute Gasteiger partial charge is 0.0136 e. The number of hydrogen-bond acceptors (Lipinski definition) is 0. The molecule has 0 saturated heterocycles. The molecule has 0 spiro atoms. The van der Waals surface area contributed by atoms with Gasteiger partial charge in [-0.05, 0) is 0 Å². The molecule has 1 radical (unpaired) electrons. The van der Waals surface area contributed by atoms with Crippen molar-refractivity contribution < 1.29 is 16.8 Å². The van der Waals surface area contributed by atoms with E-state index in [0.717, 1.165) is 0 Å². The van der Waals surface area contributed by atoms with Gasteiger partial charge in [-0.1, -0.05) is 49.1 Å². The maximum atomic E-state index is 3.59. The van der Waals surface area contributed by atoms with Crippen molar-refractivity contribution in [1.82, 2.24) is 0 Å². The first-order valence-corrected chi connectivity index (χ1v) is 3.07. The molecule has 1 rings (SSSR count). The Morgan fingerprint density at radius 1 is 1.20 bits per heavy atom. The summed E-state index contributed by atoms with van der Waals surface area (Å²) in [6.07, 6.45) is 14.2. The standard InChI is InChI=1S/C9H10.Co/c1-2-3-6-9-7-4-5-8-9;/h2-9H,1H2;. The second kappa shape index (κ2) is 5.27. The van der Waals surface area contributed by atoms with E-state index in [9.17, 15) is 0 Å². The topological polar surface area (TPSA) is 0 Å². The van der Waals surface area contributed by atoms with E-state index in [1.807, 2.05) is 6.08 Å². The van der Waals surface area contributed by atoms with Crippen LogP contribution in [-0.4, -0.2) is 0 Å². The third-order valence-electron chi connectivity index (χ3n) is 1.25. The molecule has 0 fully saturated rings. The second-order valence-electron chi connectivity index (χ2n) is 1.97. The van der Waals surface area contributed by atoms with Crippen molar-refractivity contribution in [3.05, 3.63) is 49.1 Å². The summed E-state index contributed by atoms with van der Waals surface area (Å²) in [5, 5.41) is 0. The van der Waals surface area contributed by atoms with Crippen LogP contribution in [0.1, 0.15) is 0 Å². The fraction of sp³-hybridized carbons (Fsp3) is 0.111. The Morgan fingerprint density at radius 3 is 2.30 bits per heavy atom. The predicted octanol–water partition coefficient (Wildman–Crippen LogP) is 2.47. The summed E-state index contributed by atoms with van der Waals surface area (Å²) in [5.41, 5.74) is 0. The zero-order valence-electron chi connectivity index (χ0n) is 5.66. The fourth-order valence-electron chi connectivity index (χ4n) is 0.784. The minimum atomic E-state index is 0. The second-order valence-corrected chi connectivity index (χ2v) is 1.97. The SMILES string of the molecule is C=CC=CC1C=CC=C1.[Co]. The summed E-state index contributed by atoms with van der Waals surface area (Å²) < 4.78 is 0. The van der Waals surface area contributed by atoms with Crippen molar-refractivity contribution in [2.24, 2.45) is 5.92 Å². The van der Waals surface area contributed by atoms with Crippen LogP contribution in [0.4, 0.5) is 0 Å². The van der Waals surface area contributed by atoms with Crippen LogP contribution in [0.15, 0.2) is 49.1 Å². The first-order chi connectivity index (χ1) is 4.43. The van der Waals surface area contributed by atoms with Crippen LogP contribution in [0.2, 0.25) is 0 Å². The summed E-state index contributed by atoms with van der Waals surface area (Å²) in [4.78, 5) is 0. The molecular formula is C9H10Co. The van der Waals surface area contributed by atoms with E-state index in [1.54, 1.807) is 6.08 Å². The van der Waals surface area contributed by atoms with Gasteiger partial charge in [0.15, 0.2) is 0 Å². The maximum absolute atomic E-state index is 3.59. The zero-order chi connectivity index (χ0) is 6.53. The van der Waals surface area contributed by atoms with E-state index in [1.165, 1.54) is 0 Å². The van der Waals surface area contributed by atoms with Gasteiger partial charge in [0.1, 0.15) is 0 Å². The van der Waals surface area contributed by atoms with Crippen LogP contribution in [0.5, 0.6) is 0 Å². The van der Waals surface area contributed by atoms with E-state index in [4.69, 9.17) is 0 Å². The van der Waals surface area contributed by atoms with Crippen molar-refractivity contribution >= 4 is 0 Å². The van der Waals surface area contributed by atoms with Gasteiger partial charge in [-0.3, -0.25) is 0 Å². The Bertz CT molecular complexity index is 163. The summed E-state index contributed by atoms with van der Waals surface area (Å²) in [7, 11) is 0. The fourth-order valence-corrected chi connectivity index (χ4v) is 0.784. The molecule has 0 N–H and O–H groups in total. The van der Waals surface area contributed by atoms with Gasteiger partial charge in [0.05, 0.1) is 0 Å². The molecule has 0 heterocycles. The number of hydrogen-bond donors (Lipinski definition) is 0. The van der Waals surface area contributed by atoms with Crippen LogP contribution in [0.3, 0.4) is 0 Å². The van der Waals surface area contributed by atoms with E-state index in [2.05, 4.69) is 37.0 Å². The zero-order valence-corrected chi connectivity index (χ0v) is 6.70. The van der Waals surface area contributed by atoms with Crippen molar-refractivity contribution in [2.75, 3.05) is 0 Å². The van der Waals surface area contributed by atoms with Crippen LogP contribution in [-0.2, 0) is 16.8 Å². The van der Waals surface area contributed by atoms with Gasteiger partial charge >= 0.3 is 0 Å². The molecule has 0 nitrogen and oxygen atoms in total. The first-order valence-electron chi connectivity index (χ1n) is 3.07. The van der Waals surface area contributed by atoms with Crippen molar-refractivity contribution in [1.29, 1.82) is 0 Å². The third-order valence-corrected chi connectivity index (χ3v) is 1.25. The predicted molar refractivity (Wildman–Crippen MR) is 41.1 cm³/mol. The molecule has 0 atom stereocenters. The maximum Gasteiger partial charge on any atom is 0.0136 e. The average molecular weight is 177 g/mol. The Kier molecular flexibility index (Phi) is 4.99. The monoisotopic (exact) mass is 177 g/mol. The first kappa shape index (κ1) is 9.47. The molecule has 1 aliphatic rings. The van der Waals surface area contributed by atoms with Gasteiger partial charge in [0.25, 0.3) is 0 Å². The summed E-state index contributed by atoms with van der Waals surface area (Å²) in [5.74, 6) is 0.503. The Hall–Kier alpha value is -0.534. The minimum Gasteiger partial charge on any atom is -0.0991 e. The molecule has 0 aliphatic heterocycles. The van der Waals surface area contributed by atoms with Crippen molar-refractivity contribution in [3.8, 4) is 0 Å². The summed E-state index contributed by atoms with van der Waals surface area (Å²) in [6, 6.07) is 0. The van der Waals surface area contributed by atoms with Crippen LogP contribution >= 0.6 is 0 Å². The largest absolute Gasteiger partial charge is 0.0991 e. The van der Waals surface area contributed by atoms with Gasteiger partial charge in [-0.15, -0.1) is 0 Å². The van der Waals surface area contributed by atoms with Gasteiger partial charge < -0.3 is 0 Å². The number of allylic oxidation sites excluding steroid dienone is 7. The van der Waals surface area contributed by atoms with E-state index < -0.39 is 0 Å². The van der Waals surface area contributed by atoms with Gasteiger partial charge in [-0.25, -0.2) is 0 Å². The Labute approximate surface area is 72.2 Å². The van der Waals surface area contributed by atoms with Crippen molar-refractivity contribution in [2.45, 2.75) is 0 Å². The molecule has 1 heteroatoms. The molecule has 0 amide bonds. The summed E-state index contributed by atoms with van der Waals surface area (Å²) in [6.45, 7) is 3.59. The van der Waals surface area contributed by atoms with E-state index in [-0.39, 0.29) is 16.8 Å². The van der Waals surface area contributed by atoms with E-state index >= 15 is 0 Å². The molecular weight excluding hydrogens is 167 g/mol. The van der Waals surface area contributed by atoms with Gasteiger partial charge in [0.2, 0.25) is 0 Å². The molecule has 0 saturated carbocycles. The molecule has 0 bridgehead atoms. The molecule has 0 aromatic heterocycles. The van der Waals surface area contributed by atoms with Crippen LogP contribution in [0, 0.1) is 5.92 Å². The van der Waals surface area contributed by atoms with Crippen LogP contribution < -0.4 is 0 Å². The summed E-state index contributed by atoms with van der Waals surface area (Å²) >= 11 is 0. The quantitative estimate of drug-likeness (QED) is 0.568. The molecule has 0 unspecified atom stereocenters. The van der Waals surface area contributed by atoms with Crippen LogP contribution in [0.25, 0.3) is 0 Å². The average Bonchev–Trinajstić information content (AvgIpc) is 2.34. The van der Waals surface area contributed by atoms with Crippen molar-refractivity contribution in [3.63, 3.8) is 0 Å². The molecule has 1 aliphatic carbocycles.